The van der Waals surface area contributed by atoms with Gasteiger partial charge in [-0.3, -0.25) is 10.2 Å². The lowest BCUT2D eigenvalue weighted by Gasteiger charge is -2.11. The molecule has 1 aromatic carbocycles. The Kier molecular flexibility index (Phi) is 6.79. The second-order valence-electron chi connectivity index (χ2n) is 9.87. The van der Waals surface area contributed by atoms with E-state index < -0.39 is 0 Å². The molecule has 3 aromatic heterocycles. The van der Waals surface area contributed by atoms with Crippen molar-refractivity contribution in [2.75, 3.05) is 6.61 Å². The van der Waals surface area contributed by atoms with Gasteiger partial charge in [-0.05, 0) is 86.4 Å². The predicted molar refractivity (Wildman–Crippen MR) is 142 cm³/mol. The molecule has 1 aliphatic rings. The summed E-state index contributed by atoms with van der Waals surface area (Å²) in [4.78, 5) is 30.1. The number of benzene rings is 1. The van der Waals surface area contributed by atoms with E-state index in [2.05, 4.69) is 15.3 Å². The average molecular weight is 514 g/mol. The van der Waals surface area contributed by atoms with Crippen LogP contribution in [0.2, 0.25) is 0 Å². The number of pyridine rings is 1. The van der Waals surface area contributed by atoms with Gasteiger partial charge in [0.15, 0.2) is 11.4 Å². The van der Waals surface area contributed by atoms with Gasteiger partial charge in [0, 0.05) is 24.4 Å². The molecule has 3 N–H and O–H groups in total. The van der Waals surface area contributed by atoms with E-state index in [0.29, 0.717) is 60.1 Å². The molecule has 0 spiro atoms. The molecule has 10 heteroatoms. The maximum atomic E-state index is 12.9. The van der Waals surface area contributed by atoms with Crippen LogP contribution in [0.4, 0.5) is 0 Å². The molecule has 0 aliphatic heterocycles. The van der Waals surface area contributed by atoms with Crippen LogP contribution in [0.15, 0.2) is 36.8 Å². The number of aromatic nitrogens is 5. The molecule has 0 amide bonds. The number of rotatable bonds is 10. The van der Waals surface area contributed by atoms with Gasteiger partial charge in [-0.15, -0.1) is 5.10 Å². The number of amidine groups is 1. The fourth-order valence-corrected chi connectivity index (χ4v) is 4.83. The number of ketones is 1. The molecule has 1 saturated carbocycles. The number of imidazole rings is 1. The highest BCUT2D eigenvalue weighted by molar-refractivity contribution is 5.96. The summed E-state index contributed by atoms with van der Waals surface area (Å²) in [5.74, 6) is 0.0232. The van der Waals surface area contributed by atoms with E-state index in [-0.39, 0.29) is 17.6 Å². The monoisotopic (exact) mass is 513 g/mol. The van der Waals surface area contributed by atoms with E-state index in [1.165, 1.54) is 0 Å². The summed E-state index contributed by atoms with van der Waals surface area (Å²) < 4.78 is 8.72. The molecule has 5 rings (SSSR count). The van der Waals surface area contributed by atoms with Crippen LogP contribution >= 0.6 is 0 Å². The molecule has 0 saturated heterocycles. The maximum Gasteiger partial charge on any atom is 0.341 e. The number of hydrogen-bond donors (Lipinski definition) is 2. The van der Waals surface area contributed by atoms with Crippen molar-refractivity contribution in [3.8, 4) is 0 Å². The van der Waals surface area contributed by atoms with Crippen molar-refractivity contribution in [3.05, 3.63) is 81.6 Å². The van der Waals surface area contributed by atoms with Crippen molar-refractivity contribution in [1.82, 2.24) is 24.4 Å². The number of carbonyl (C=O) groups excluding carboxylic acids is 2. The van der Waals surface area contributed by atoms with Crippen molar-refractivity contribution in [1.29, 1.82) is 5.41 Å². The highest BCUT2D eigenvalue weighted by Crippen LogP contribution is 2.40. The number of fused-ring (bicyclic) bond motifs is 1. The third-order valence-corrected chi connectivity index (χ3v) is 6.92. The Morgan fingerprint density at radius 3 is 2.53 bits per heavy atom. The molecule has 0 unspecified atom stereocenters. The zero-order valence-electron chi connectivity index (χ0n) is 21.8. The molecule has 196 valence electrons. The standard InChI is InChI=1S/C28H31N7O3/c1-4-38-28(37)23-11-20(18-5-6-18)12-34-13-21(31-27(23)34)14-35-15-24(32-33-35)25(36)8-7-22-16(2)9-19(26(29)30)10-17(22)3/h9-13,15,18H,4-8,14H2,1-3H3,(H3,29,30). The van der Waals surface area contributed by atoms with E-state index in [0.717, 1.165) is 35.1 Å². The third kappa shape index (κ3) is 5.20. The molecule has 3 heterocycles. The van der Waals surface area contributed by atoms with E-state index in [4.69, 9.17) is 15.9 Å². The van der Waals surface area contributed by atoms with Crippen LogP contribution < -0.4 is 5.73 Å². The first-order valence-electron chi connectivity index (χ1n) is 12.8. The summed E-state index contributed by atoms with van der Waals surface area (Å²) in [5, 5.41) is 15.9. The number of Topliss-reactive ketones (excluding diaryl/α,β-unsaturated/α-hetero) is 1. The number of carbonyl (C=O) groups is 2. The smallest absolute Gasteiger partial charge is 0.341 e. The first kappa shape index (κ1) is 25.3. The summed E-state index contributed by atoms with van der Waals surface area (Å²) in [5.41, 5.74) is 12.5. The Morgan fingerprint density at radius 1 is 1.13 bits per heavy atom. The van der Waals surface area contributed by atoms with Crippen LogP contribution in [0.3, 0.4) is 0 Å². The fourth-order valence-electron chi connectivity index (χ4n) is 4.83. The van der Waals surface area contributed by atoms with Crippen LogP contribution in [0, 0.1) is 19.3 Å². The van der Waals surface area contributed by atoms with E-state index >= 15 is 0 Å². The van der Waals surface area contributed by atoms with Gasteiger partial charge in [0.2, 0.25) is 0 Å². The summed E-state index contributed by atoms with van der Waals surface area (Å²) in [6.07, 6.45) is 8.63. The number of aryl methyl sites for hydroxylation is 2. The van der Waals surface area contributed by atoms with Gasteiger partial charge in [-0.25, -0.2) is 14.5 Å². The number of hydrogen-bond acceptors (Lipinski definition) is 7. The molecule has 1 fully saturated rings. The fraction of sp³-hybridized carbons (Fsp3) is 0.357. The molecular weight excluding hydrogens is 482 g/mol. The van der Waals surface area contributed by atoms with Crippen LogP contribution in [0.25, 0.3) is 5.65 Å². The van der Waals surface area contributed by atoms with Crippen molar-refractivity contribution in [3.63, 3.8) is 0 Å². The first-order valence-corrected chi connectivity index (χ1v) is 12.8. The average Bonchev–Trinajstić information content (AvgIpc) is 3.49. The number of nitrogens with zero attached hydrogens (tertiary/aromatic N) is 5. The number of nitrogen functional groups attached to an aromatic ring is 1. The largest absolute Gasteiger partial charge is 0.462 e. The summed E-state index contributed by atoms with van der Waals surface area (Å²) in [7, 11) is 0. The predicted octanol–water partition coefficient (Wildman–Crippen LogP) is 3.74. The highest BCUT2D eigenvalue weighted by Gasteiger charge is 2.27. The van der Waals surface area contributed by atoms with E-state index in [1.807, 2.05) is 48.8 Å². The minimum atomic E-state index is -0.382. The molecular formula is C28H31N7O3. The number of ether oxygens (including phenoxy) is 1. The van der Waals surface area contributed by atoms with E-state index in [9.17, 15) is 9.59 Å². The molecule has 0 atom stereocenters. The molecule has 0 bridgehead atoms. The van der Waals surface area contributed by atoms with Crippen LogP contribution in [-0.2, 0) is 17.7 Å². The Balaban J connectivity index is 1.30. The third-order valence-electron chi connectivity index (χ3n) is 6.92. The van der Waals surface area contributed by atoms with Crippen LogP contribution in [0.5, 0.6) is 0 Å². The zero-order valence-corrected chi connectivity index (χ0v) is 21.8. The number of esters is 1. The topological polar surface area (TPSA) is 141 Å². The van der Waals surface area contributed by atoms with Gasteiger partial charge in [0.1, 0.15) is 17.1 Å². The Bertz CT molecular complexity index is 1540. The summed E-state index contributed by atoms with van der Waals surface area (Å²) in [6.45, 7) is 6.32. The second kappa shape index (κ2) is 10.2. The van der Waals surface area contributed by atoms with Crippen molar-refractivity contribution in [2.24, 2.45) is 5.73 Å². The van der Waals surface area contributed by atoms with Gasteiger partial charge in [0.05, 0.1) is 25.0 Å². The summed E-state index contributed by atoms with van der Waals surface area (Å²) >= 11 is 0. The minimum Gasteiger partial charge on any atom is -0.462 e. The SMILES string of the molecule is CCOC(=O)c1cc(C2CC2)cn2cc(Cn3cc(C(=O)CCc4c(C)cc(C(=N)N)cc4C)nn3)nc12. The Morgan fingerprint density at radius 2 is 1.87 bits per heavy atom. The molecule has 4 aromatic rings. The van der Waals surface area contributed by atoms with Crippen LogP contribution in [-0.4, -0.2) is 48.6 Å². The Hall–Kier alpha value is -4.34. The minimum absolute atomic E-state index is 0.0292. The van der Waals surface area contributed by atoms with Gasteiger partial charge < -0.3 is 14.9 Å². The number of nitrogens with one attached hydrogen (secondary N) is 1. The second-order valence-corrected chi connectivity index (χ2v) is 9.87. The highest BCUT2D eigenvalue weighted by atomic mass is 16.5. The number of nitrogens with two attached hydrogens (primary N) is 1. The van der Waals surface area contributed by atoms with Crippen LogP contribution in [0.1, 0.15) is 86.5 Å². The quantitative estimate of drug-likeness (QED) is 0.142. The maximum absolute atomic E-state index is 12.9. The molecule has 1 aliphatic carbocycles. The molecule has 10 nitrogen and oxygen atoms in total. The lowest BCUT2D eigenvalue weighted by molar-refractivity contribution is 0.0527. The van der Waals surface area contributed by atoms with Crippen molar-refractivity contribution in [2.45, 2.75) is 58.9 Å². The van der Waals surface area contributed by atoms with Gasteiger partial charge >= 0.3 is 5.97 Å². The van der Waals surface area contributed by atoms with Crippen molar-refractivity contribution >= 4 is 23.2 Å². The van der Waals surface area contributed by atoms with Gasteiger partial charge in [-0.1, -0.05) is 5.21 Å². The lowest BCUT2D eigenvalue weighted by atomic mass is 9.94. The van der Waals surface area contributed by atoms with Crippen molar-refractivity contribution < 1.29 is 14.3 Å². The summed E-state index contributed by atoms with van der Waals surface area (Å²) in [6, 6.07) is 5.65. The normalized spacial score (nSPS) is 13.1. The zero-order chi connectivity index (χ0) is 27.0. The lowest BCUT2D eigenvalue weighted by Crippen LogP contribution is -2.12. The van der Waals surface area contributed by atoms with Gasteiger partial charge in [-0.2, -0.15) is 0 Å². The van der Waals surface area contributed by atoms with Gasteiger partial charge in [0.25, 0.3) is 0 Å². The Labute approximate surface area is 220 Å². The van der Waals surface area contributed by atoms with E-state index in [1.54, 1.807) is 17.8 Å². The first-order chi connectivity index (χ1) is 18.2. The molecule has 0 radical (unpaired) electrons. The molecule has 38 heavy (non-hydrogen) atoms.